The molecule has 0 unspecified atom stereocenters. The summed E-state index contributed by atoms with van der Waals surface area (Å²) in [5.74, 6) is -1.38. The maximum Gasteiger partial charge on any atom is 0.490 e. The van der Waals surface area contributed by atoms with Crippen LogP contribution in [0, 0.1) is 6.92 Å². The van der Waals surface area contributed by atoms with Crippen molar-refractivity contribution in [3.8, 4) is 5.75 Å². The molecule has 12 nitrogen and oxygen atoms in total. The molecule has 0 fully saturated rings. The fourth-order valence-electron chi connectivity index (χ4n) is 4.30. The zero-order valence-corrected chi connectivity index (χ0v) is 25.5. The monoisotopic (exact) mass is 654 g/mol. The minimum absolute atomic E-state index is 0.0216. The second-order valence-corrected chi connectivity index (χ2v) is 11.8. The van der Waals surface area contributed by atoms with E-state index in [1.807, 2.05) is 24.3 Å². The topological polar surface area (TPSA) is 171 Å². The van der Waals surface area contributed by atoms with Gasteiger partial charge in [-0.15, -0.1) is 0 Å². The molecule has 4 N–H and O–H groups in total. The number of carbonyl (C=O) groups is 2. The minimum Gasteiger partial charge on any atom is -0.497 e. The van der Waals surface area contributed by atoms with E-state index in [0.29, 0.717) is 35.6 Å². The van der Waals surface area contributed by atoms with Gasteiger partial charge < -0.3 is 30.0 Å². The van der Waals surface area contributed by atoms with Gasteiger partial charge in [-0.3, -0.25) is 9.79 Å². The number of alkyl halides is 3. The number of ether oxygens (including phenoxy) is 1. The van der Waals surface area contributed by atoms with Crippen molar-refractivity contribution in [2.45, 2.75) is 37.6 Å². The molecule has 16 heteroatoms. The highest BCUT2D eigenvalue weighted by Gasteiger charge is 2.38. The minimum atomic E-state index is -5.08. The zero-order chi connectivity index (χ0) is 33.4. The normalized spacial score (nSPS) is 13.0. The Morgan fingerprint density at radius 3 is 2.40 bits per heavy atom. The summed E-state index contributed by atoms with van der Waals surface area (Å²) < 4.78 is 70.1. The van der Waals surface area contributed by atoms with Crippen molar-refractivity contribution in [1.82, 2.24) is 14.9 Å². The molecule has 0 bridgehead atoms. The number of hydrogen-bond donors (Lipinski definition) is 4. The number of aliphatic hydroxyl groups is 1. The van der Waals surface area contributed by atoms with Crippen molar-refractivity contribution in [2.24, 2.45) is 4.99 Å². The highest BCUT2D eigenvalue weighted by Crippen LogP contribution is 2.29. The Balaban J connectivity index is 0.000000707. The lowest BCUT2D eigenvalue weighted by Crippen LogP contribution is -2.28. The van der Waals surface area contributed by atoms with Crippen LogP contribution in [0.4, 0.5) is 13.2 Å². The van der Waals surface area contributed by atoms with Gasteiger partial charge in [0.1, 0.15) is 23.6 Å². The van der Waals surface area contributed by atoms with Gasteiger partial charge in [0.15, 0.2) is 0 Å². The number of aliphatic hydroxyl groups excluding tert-OH is 1. The molecule has 1 aliphatic rings. The van der Waals surface area contributed by atoms with Crippen molar-refractivity contribution in [1.29, 1.82) is 0 Å². The fourth-order valence-corrected chi connectivity index (χ4v) is 5.83. The number of hydrogen-bond acceptors (Lipinski definition) is 9. The van der Waals surface area contributed by atoms with Crippen LogP contribution in [0.5, 0.6) is 5.75 Å². The summed E-state index contributed by atoms with van der Waals surface area (Å²) in [7, 11) is -1.06. The maximum atomic E-state index is 13.3. The first kappa shape index (κ1) is 35.1. The summed E-state index contributed by atoms with van der Waals surface area (Å²) in [5.41, 5.74) is 3.14. The number of nitrogens with zero attached hydrogens (tertiary/aromatic N) is 2. The third-order valence-corrected chi connectivity index (χ3v) is 8.59. The van der Waals surface area contributed by atoms with E-state index in [0.717, 1.165) is 34.4 Å². The van der Waals surface area contributed by atoms with Gasteiger partial charge in [0.05, 0.1) is 37.3 Å². The van der Waals surface area contributed by atoms with Crippen LogP contribution in [0.2, 0.25) is 0 Å². The lowest BCUT2D eigenvalue weighted by Gasteiger charge is -2.20. The highest BCUT2D eigenvalue weighted by atomic mass is 32.2. The molecule has 0 atom stereocenters. The molecule has 1 aromatic heterocycles. The Kier molecular flexibility index (Phi) is 11.7. The number of amides is 1. The first-order valence-electron chi connectivity index (χ1n) is 13.5. The van der Waals surface area contributed by atoms with Crippen molar-refractivity contribution >= 4 is 27.7 Å². The molecule has 0 saturated carbocycles. The maximum absolute atomic E-state index is 13.3. The average molecular weight is 655 g/mol. The smallest absolute Gasteiger partial charge is 0.490 e. The number of halogens is 3. The molecule has 2 heterocycles. The second-order valence-electron chi connectivity index (χ2n) is 9.82. The highest BCUT2D eigenvalue weighted by molar-refractivity contribution is 7.89. The van der Waals surface area contributed by atoms with Crippen molar-refractivity contribution in [3.63, 3.8) is 0 Å². The van der Waals surface area contributed by atoms with Gasteiger partial charge >= 0.3 is 12.1 Å². The number of nitrogens with one attached hydrogen (secondary N) is 2. The number of carboxylic acids is 1. The van der Waals surface area contributed by atoms with Gasteiger partial charge in [0.2, 0.25) is 10.0 Å². The van der Waals surface area contributed by atoms with Crippen LogP contribution in [-0.4, -0.2) is 80.6 Å². The number of aliphatic imine (C=N–C) groups is 1. The number of amidine groups is 1. The van der Waals surface area contributed by atoms with E-state index >= 15 is 0 Å². The third kappa shape index (κ3) is 9.29. The number of sulfonamides is 1. The number of aliphatic carboxylic acids is 1. The van der Waals surface area contributed by atoms with E-state index in [9.17, 15) is 31.5 Å². The zero-order valence-electron chi connectivity index (χ0n) is 24.6. The first-order chi connectivity index (χ1) is 21.2. The van der Waals surface area contributed by atoms with Gasteiger partial charge in [-0.05, 0) is 42.7 Å². The molecule has 3 aromatic rings. The van der Waals surface area contributed by atoms with Crippen LogP contribution in [0.15, 0.2) is 63.0 Å². The van der Waals surface area contributed by atoms with E-state index < -0.39 is 28.8 Å². The number of methoxy groups -OCH3 is 1. The quantitative estimate of drug-likeness (QED) is 0.243. The Morgan fingerprint density at radius 2 is 1.84 bits per heavy atom. The molecule has 0 radical (unpaired) electrons. The molecule has 4 rings (SSSR count). The summed E-state index contributed by atoms with van der Waals surface area (Å²) in [6, 6.07) is 12.7. The average Bonchev–Trinajstić information content (AvgIpc) is 3.70. The van der Waals surface area contributed by atoms with Crippen LogP contribution < -0.4 is 15.4 Å². The fraction of sp³-hybridized carbons (Fsp3) is 0.345. The second kappa shape index (κ2) is 15.0. The van der Waals surface area contributed by atoms with Gasteiger partial charge in [0.25, 0.3) is 5.91 Å². The lowest BCUT2D eigenvalue weighted by atomic mass is 10.1. The summed E-state index contributed by atoms with van der Waals surface area (Å²) in [6.45, 7) is 3.19. The van der Waals surface area contributed by atoms with Crippen molar-refractivity contribution in [2.75, 3.05) is 33.8 Å². The molecule has 1 amide bonds. The number of carboxylic acid groups (broad SMARTS) is 1. The molecule has 0 saturated heterocycles. The van der Waals surface area contributed by atoms with Gasteiger partial charge in [-0.2, -0.15) is 17.5 Å². The van der Waals surface area contributed by atoms with Crippen LogP contribution in [0.25, 0.3) is 0 Å². The Bertz CT molecular complexity index is 1640. The standard InChI is InChI=1S/C27H32N4O6S.C2HF3O2/c1-18-12-23(36-3)13-21(16-32)25(18)38(34,35)31(2)15-24-14-22(17-37-24)27(33)30-9-8-19-4-6-20(7-5-19)26-28-10-11-29-26;3-2(4,5)1(6)7/h4-7,12-14,17,32H,8-11,15-16H2,1-3H3,(H,28,29)(H,30,33);(H,6,7). The predicted molar refractivity (Wildman–Crippen MR) is 157 cm³/mol. The summed E-state index contributed by atoms with van der Waals surface area (Å²) in [4.78, 5) is 25.9. The predicted octanol–water partition coefficient (Wildman–Crippen LogP) is 2.87. The van der Waals surface area contributed by atoms with E-state index in [-0.39, 0.29) is 22.9 Å². The van der Waals surface area contributed by atoms with Crippen molar-refractivity contribution < 1.29 is 50.5 Å². The molecule has 244 valence electrons. The summed E-state index contributed by atoms with van der Waals surface area (Å²) >= 11 is 0. The third-order valence-electron chi connectivity index (χ3n) is 6.54. The Hall–Kier alpha value is -4.41. The molecule has 0 aliphatic carbocycles. The SMILES string of the molecule is COc1cc(C)c(S(=O)(=O)N(C)Cc2cc(C(=O)NCCc3ccc(C4=NCCN4)cc3)co2)c(CO)c1.O=C(O)C(F)(F)F. The lowest BCUT2D eigenvalue weighted by molar-refractivity contribution is -0.192. The van der Waals surface area contributed by atoms with E-state index in [1.165, 1.54) is 32.6 Å². The van der Waals surface area contributed by atoms with Gasteiger partial charge in [-0.25, -0.2) is 13.2 Å². The molecule has 2 aromatic carbocycles. The molecule has 0 spiro atoms. The number of furan rings is 1. The largest absolute Gasteiger partial charge is 0.497 e. The summed E-state index contributed by atoms with van der Waals surface area (Å²) in [6.07, 6.45) is -3.11. The molecule has 1 aliphatic heterocycles. The van der Waals surface area contributed by atoms with Gasteiger partial charge in [0, 0.05) is 31.3 Å². The van der Waals surface area contributed by atoms with Crippen LogP contribution in [0.3, 0.4) is 0 Å². The van der Waals surface area contributed by atoms with Crippen molar-refractivity contribution in [3.05, 3.63) is 82.3 Å². The Labute approximate surface area is 257 Å². The number of carbonyl (C=O) groups excluding carboxylic acids is 1. The van der Waals surface area contributed by atoms with E-state index in [1.54, 1.807) is 13.0 Å². The first-order valence-corrected chi connectivity index (χ1v) is 14.9. The van der Waals surface area contributed by atoms with Crippen LogP contribution in [0.1, 0.15) is 38.4 Å². The molecule has 45 heavy (non-hydrogen) atoms. The number of aryl methyl sites for hydroxylation is 1. The summed E-state index contributed by atoms with van der Waals surface area (Å²) in [5, 5.41) is 23.0. The van der Waals surface area contributed by atoms with Crippen LogP contribution >= 0.6 is 0 Å². The molecular formula is C29H33F3N4O8S. The van der Waals surface area contributed by atoms with E-state index in [2.05, 4.69) is 15.6 Å². The number of benzene rings is 2. The number of rotatable bonds is 11. The van der Waals surface area contributed by atoms with E-state index in [4.69, 9.17) is 19.1 Å². The molecular weight excluding hydrogens is 621 g/mol. The van der Waals surface area contributed by atoms with Crippen LogP contribution in [-0.2, 0) is 34.4 Å². The van der Waals surface area contributed by atoms with Gasteiger partial charge in [-0.1, -0.05) is 24.3 Å². The Morgan fingerprint density at radius 1 is 1.18 bits per heavy atom.